The second kappa shape index (κ2) is 7.94. The zero-order chi connectivity index (χ0) is 16.7. The van der Waals surface area contributed by atoms with Crippen molar-refractivity contribution < 1.29 is 22.7 Å². The average molecular weight is 326 g/mol. The second-order valence-electron chi connectivity index (χ2n) is 4.88. The van der Waals surface area contributed by atoms with Gasteiger partial charge in [0.15, 0.2) is 6.61 Å². The van der Waals surface area contributed by atoms with Gasteiger partial charge >= 0.3 is 6.18 Å². The third-order valence-corrected chi connectivity index (χ3v) is 3.08. The molecule has 0 saturated carbocycles. The summed E-state index contributed by atoms with van der Waals surface area (Å²) in [6.07, 6.45) is -2.97. The van der Waals surface area contributed by atoms with Crippen LogP contribution in [0.25, 0.3) is 0 Å². The quantitative estimate of drug-likeness (QED) is 0.624. The van der Waals surface area contributed by atoms with Gasteiger partial charge in [-0.3, -0.25) is 9.82 Å². The molecule has 0 fully saturated rings. The van der Waals surface area contributed by atoms with Crippen LogP contribution < -0.4 is 10.2 Å². The van der Waals surface area contributed by atoms with Crippen LogP contribution in [0.2, 0.25) is 0 Å². The summed E-state index contributed by atoms with van der Waals surface area (Å²) in [6.45, 7) is 0.963. The number of benzene rings is 1. The summed E-state index contributed by atoms with van der Waals surface area (Å²) in [6, 6.07) is 11.1. The molecule has 0 amide bonds. The molecule has 0 atom stereocenters. The van der Waals surface area contributed by atoms with Crippen molar-refractivity contribution in [2.75, 3.05) is 6.61 Å². The smallest absolute Gasteiger partial charge is 0.422 e. The summed E-state index contributed by atoms with van der Waals surface area (Å²) in [4.78, 5) is 9.42. The van der Waals surface area contributed by atoms with E-state index in [-0.39, 0.29) is 12.4 Å². The van der Waals surface area contributed by atoms with Gasteiger partial charge in [0.05, 0.1) is 5.69 Å². The zero-order valence-electron chi connectivity index (χ0n) is 12.6. The van der Waals surface area contributed by atoms with Crippen molar-refractivity contribution in [1.29, 1.82) is 0 Å². The van der Waals surface area contributed by atoms with Crippen LogP contribution in [0.1, 0.15) is 16.8 Å². The predicted octanol–water partition coefficient (Wildman–Crippen LogP) is 3.55. The first-order valence-corrected chi connectivity index (χ1v) is 6.98. The molecule has 0 bridgehead atoms. The van der Waals surface area contributed by atoms with Crippen LogP contribution in [0.15, 0.2) is 42.6 Å². The Morgan fingerprint density at radius 2 is 1.87 bits per heavy atom. The zero-order valence-corrected chi connectivity index (χ0v) is 12.6. The Labute approximate surface area is 132 Å². The Balaban J connectivity index is 1.85. The van der Waals surface area contributed by atoms with E-state index in [4.69, 9.17) is 9.57 Å². The van der Waals surface area contributed by atoms with Gasteiger partial charge in [0.25, 0.3) is 0 Å². The largest absolute Gasteiger partial charge is 0.484 e. The van der Waals surface area contributed by atoms with Crippen molar-refractivity contribution in [3.63, 3.8) is 0 Å². The van der Waals surface area contributed by atoms with Gasteiger partial charge in [-0.25, -0.2) is 0 Å². The van der Waals surface area contributed by atoms with Gasteiger partial charge in [0, 0.05) is 18.3 Å². The molecule has 0 spiro atoms. The van der Waals surface area contributed by atoms with Crippen molar-refractivity contribution in [3.8, 4) is 5.75 Å². The molecule has 2 aromatic rings. The van der Waals surface area contributed by atoms with Gasteiger partial charge in [-0.1, -0.05) is 30.3 Å². The Kier molecular flexibility index (Phi) is 5.95. The number of aromatic nitrogens is 1. The first-order valence-electron chi connectivity index (χ1n) is 6.98. The SMILES string of the molecule is Cc1c(OCC(F)(F)F)ccnc1CONCc1ccccc1. The molecule has 1 N–H and O–H groups in total. The minimum absolute atomic E-state index is 0.127. The minimum atomic E-state index is -4.37. The molecule has 0 radical (unpaired) electrons. The fraction of sp³-hybridized carbons (Fsp3) is 0.312. The fourth-order valence-electron chi connectivity index (χ4n) is 1.87. The molecule has 1 aromatic heterocycles. The normalized spacial score (nSPS) is 11.5. The Morgan fingerprint density at radius 1 is 1.13 bits per heavy atom. The lowest BCUT2D eigenvalue weighted by Gasteiger charge is -2.13. The lowest BCUT2D eigenvalue weighted by molar-refractivity contribution is -0.153. The van der Waals surface area contributed by atoms with E-state index >= 15 is 0 Å². The number of nitrogens with one attached hydrogen (secondary N) is 1. The number of ether oxygens (including phenoxy) is 1. The van der Waals surface area contributed by atoms with E-state index in [0.29, 0.717) is 17.8 Å². The highest BCUT2D eigenvalue weighted by Gasteiger charge is 2.28. The number of hydrogen-bond donors (Lipinski definition) is 1. The first kappa shape index (κ1) is 17.2. The van der Waals surface area contributed by atoms with E-state index in [0.717, 1.165) is 5.56 Å². The van der Waals surface area contributed by atoms with Crippen molar-refractivity contribution >= 4 is 0 Å². The molecule has 1 heterocycles. The Morgan fingerprint density at radius 3 is 2.57 bits per heavy atom. The molecule has 23 heavy (non-hydrogen) atoms. The maximum absolute atomic E-state index is 12.2. The average Bonchev–Trinajstić information content (AvgIpc) is 2.52. The fourth-order valence-corrected chi connectivity index (χ4v) is 1.87. The van der Waals surface area contributed by atoms with Crippen LogP contribution in [-0.2, 0) is 18.0 Å². The molecule has 0 saturated heterocycles. The summed E-state index contributed by atoms with van der Waals surface area (Å²) >= 11 is 0. The molecule has 0 aliphatic heterocycles. The molecule has 1 aromatic carbocycles. The molecule has 124 valence electrons. The Hall–Kier alpha value is -2.12. The van der Waals surface area contributed by atoms with E-state index in [2.05, 4.69) is 10.5 Å². The van der Waals surface area contributed by atoms with E-state index in [1.807, 2.05) is 30.3 Å². The molecule has 4 nitrogen and oxygen atoms in total. The number of pyridine rings is 1. The van der Waals surface area contributed by atoms with E-state index < -0.39 is 12.8 Å². The summed E-state index contributed by atoms with van der Waals surface area (Å²) in [5, 5.41) is 0. The second-order valence-corrected chi connectivity index (χ2v) is 4.88. The minimum Gasteiger partial charge on any atom is -0.484 e. The van der Waals surface area contributed by atoms with E-state index in [1.165, 1.54) is 12.3 Å². The van der Waals surface area contributed by atoms with Crippen molar-refractivity contribution in [2.24, 2.45) is 0 Å². The first-order chi connectivity index (χ1) is 11.0. The third kappa shape index (κ3) is 5.88. The molecular weight excluding hydrogens is 309 g/mol. The highest BCUT2D eigenvalue weighted by atomic mass is 19.4. The maximum atomic E-state index is 12.2. The molecule has 0 unspecified atom stereocenters. The van der Waals surface area contributed by atoms with Crippen LogP contribution in [0.5, 0.6) is 5.75 Å². The number of nitrogens with zero attached hydrogens (tertiary/aromatic N) is 1. The summed E-state index contributed by atoms with van der Waals surface area (Å²) in [5.74, 6) is 0.152. The predicted molar refractivity (Wildman–Crippen MR) is 78.6 cm³/mol. The topological polar surface area (TPSA) is 43.4 Å². The van der Waals surface area contributed by atoms with Gasteiger partial charge in [0.1, 0.15) is 12.4 Å². The van der Waals surface area contributed by atoms with Crippen LogP contribution in [0.4, 0.5) is 13.2 Å². The molecular formula is C16H17F3N2O2. The number of hydrogen-bond acceptors (Lipinski definition) is 4. The van der Waals surface area contributed by atoms with Gasteiger partial charge in [-0.05, 0) is 18.6 Å². The van der Waals surface area contributed by atoms with Crippen LogP contribution in [0.3, 0.4) is 0 Å². The molecule has 2 rings (SSSR count). The van der Waals surface area contributed by atoms with Crippen LogP contribution >= 0.6 is 0 Å². The Bertz CT molecular complexity index is 618. The van der Waals surface area contributed by atoms with Gasteiger partial charge in [-0.2, -0.15) is 18.7 Å². The van der Waals surface area contributed by atoms with Gasteiger partial charge < -0.3 is 4.74 Å². The van der Waals surface area contributed by atoms with Crippen LogP contribution in [0, 0.1) is 6.92 Å². The summed E-state index contributed by atoms with van der Waals surface area (Å²) in [5.41, 5.74) is 4.89. The summed E-state index contributed by atoms with van der Waals surface area (Å²) in [7, 11) is 0. The van der Waals surface area contributed by atoms with Gasteiger partial charge in [0.2, 0.25) is 0 Å². The maximum Gasteiger partial charge on any atom is 0.422 e. The number of hydroxylamine groups is 1. The van der Waals surface area contributed by atoms with Crippen molar-refractivity contribution in [1.82, 2.24) is 10.5 Å². The molecule has 0 aliphatic carbocycles. The number of alkyl halides is 3. The number of halogens is 3. The van der Waals surface area contributed by atoms with E-state index in [9.17, 15) is 13.2 Å². The molecule has 0 aliphatic rings. The monoisotopic (exact) mass is 326 g/mol. The molecule has 7 heteroatoms. The number of rotatable bonds is 7. The lowest BCUT2D eigenvalue weighted by atomic mass is 10.2. The van der Waals surface area contributed by atoms with Gasteiger partial charge in [-0.15, -0.1) is 0 Å². The highest BCUT2D eigenvalue weighted by Crippen LogP contribution is 2.23. The third-order valence-electron chi connectivity index (χ3n) is 3.08. The van der Waals surface area contributed by atoms with Crippen molar-refractivity contribution in [2.45, 2.75) is 26.3 Å². The van der Waals surface area contributed by atoms with Crippen molar-refractivity contribution in [3.05, 3.63) is 59.4 Å². The van der Waals surface area contributed by atoms with Crippen LogP contribution in [-0.4, -0.2) is 17.8 Å². The highest BCUT2D eigenvalue weighted by molar-refractivity contribution is 5.34. The summed E-state index contributed by atoms with van der Waals surface area (Å²) < 4.78 is 41.4. The lowest BCUT2D eigenvalue weighted by Crippen LogP contribution is -2.20. The standard InChI is InChI=1S/C16H17F3N2O2/c1-12-14(10-23-21-9-13-5-3-2-4-6-13)20-8-7-15(12)22-11-16(17,18)19/h2-8,21H,9-11H2,1H3. The van der Waals surface area contributed by atoms with E-state index in [1.54, 1.807) is 6.92 Å².